The van der Waals surface area contributed by atoms with Crippen molar-refractivity contribution in [3.63, 3.8) is 0 Å². The van der Waals surface area contributed by atoms with Gasteiger partial charge in [-0.05, 0) is 48.7 Å². The van der Waals surface area contributed by atoms with Crippen LogP contribution in [0.15, 0.2) is 48.5 Å². The van der Waals surface area contributed by atoms with Crippen LogP contribution in [0.2, 0.25) is 10.0 Å². The van der Waals surface area contributed by atoms with Crippen LogP contribution in [-0.4, -0.2) is 29.4 Å². The van der Waals surface area contributed by atoms with Crippen molar-refractivity contribution >= 4 is 30.6 Å². The van der Waals surface area contributed by atoms with Gasteiger partial charge in [-0.25, -0.2) is 0 Å². The summed E-state index contributed by atoms with van der Waals surface area (Å²) in [6, 6.07) is 14.7. The molecule has 8 heteroatoms. The first-order chi connectivity index (χ1) is 15.1. The number of hydrogen-bond donors (Lipinski definition) is 0. The minimum Gasteiger partial charge on any atom is -0.441 e. The molecule has 2 aromatic carbocycles. The zero-order chi connectivity index (χ0) is 23.3. The van der Waals surface area contributed by atoms with Crippen LogP contribution in [0.1, 0.15) is 42.3 Å². The van der Waals surface area contributed by atoms with Crippen LogP contribution < -0.4 is 4.52 Å². The number of nitrogens with zero attached hydrogens (tertiary/aromatic N) is 2. The molecule has 0 aliphatic heterocycles. The van der Waals surface area contributed by atoms with Gasteiger partial charge in [0.15, 0.2) is 0 Å². The maximum absolute atomic E-state index is 12.7. The normalized spacial score (nSPS) is 13.3. The van der Waals surface area contributed by atoms with Crippen LogP contribution in [0.3, 0.4) is 0 Å². The molecule has 3 aromatic rings. The number of rotatable bonds is 10. The van der Waals surface area contributed by atoms with Crippen molar-refractivity contribution in [3.8, 4) is 5.75 Å². The topological polar surface area (TPSA) is 53.4 Å². The highest BCUT2D eigenvalue weighted by Gasteiger charge is 2.20. The third-order valence-corrected chi connectivity index (χ3v) is 6.71. The molecule has 1 unspecified atom stereocenters. The molecule has 0 bridgehead atoms. The first-order valence-corrected chi connectivity index (χ1v) is 13.6. The second-order valence-electron chi connectivity index (χ2n) is 8.24. The van der Waals surface area contributed by atoms with Crippen molar-refractivity contribution in [2.75, 3.05) is 19.6 Å². The predicted octanol–water partition coefficient (Wildman–Crippen LogP) is 7.17. The molecule has 0 radical (unpaired) electrons. The van der Waals surface area contributed by atoms with Gasteiger partial charge in [0.1, 0.15) is 12.1 Å². The van der Waals surface area contributed by atoms with Crippen molar-refractivity contribution in [3.05, 3.63) is 81.1 Å². The molecule has 0 spiro atoms. The van der Waals surface area contributed by atoms with Gasteiger partial charge < -0.3 is 9.26 Å². The van der Waals surface area contributed by atoms with Crippen LogP contribution in [0, 0.1) is 6.92 Å². The Morgan fingerprint density at radius 1 is 1.09 bits per heavy atom. The number of aromatic nitrogens is 2. The lowest BCUT2D eigenvalue weighted by Crippen LogP contribution is -2.11. The van der Waals surface area contributed by atoms with Gasteiger partial charge in [0.2, 0.25) is 0 Å². The van der Waals surface area contributed by atoms with Gasteiger partial charge in [0.25, 0.3) is 7.37 Å². The van der Waals surface area contributed by atoms with Crippen LogP contribution in [0.25, 0.3) is 0 Å². The lowest BCUT2D eigenvalue weighted by atomic mass is 9.98. The molecule has 1 heterocycles. The lowest BCUT2D eigenvalue weighted by molar-refractivity contribution is 0.157. The van der Waals surface area contributed by atoms with E-state index in [4.69, 9.17) is 37.6 Å². The predicted molar refractivity (Wildman–Crippen MR) is 132 cm³/mol. The summed E-state index contributed by atoms with van der Waals surface area (Å²) in [7, 11) is -2.90. The van der Waals surface area contributed by atoms with Crippen LogP contribution in [0.5, 0.6) is 5.75 Å². The summed E-state index contributed by atoms with van der Waals surface area (Å²) >= 11 is 12.4. The summed E-state index contributed by atoms with van der Waals surface area (Å²) in [5, 5.41) is 6.07. The Hall–Kier alpha value is -1.78. The lowest BCUT2D eigenvalue weighted by Gasteiger charge is -2.15. The van der Waals surface area contributed by atoms with Gasteiger partial charge in [-0.1, -0.05) is 55.2 Å². The maximum atomic E-state index is 12.7. The monoisotopic (exact) mass is 494 g/mol. The third-order valence-electron chi connectivity index (χ3n) is 5.03. The number of halogens is 2. The van der Waals surface area contributed by atoms with E-state index < -0.39 is 7.37 Å². The molecule has 32 heavy (non-hydrogen) atoms. The molecule has 1 atom stereocenters. The molecule has 0 amide bonds. The fraction of sp³-hybridized carbons (Fsp3) is 0.375. The third kappa shape index (κ3) is 6.86. The van der Waals surface area contributed by atoms with E-state index in [9.17, 15) is 4.57 Å². The molecule has 0 saturated heterocycles. The smallest absolute Gasteiger partial charge is 0.269 e. The molecule has 1 aromatic heterocycles. The second-order valence-corrected chi connectivity index (χ2v) is 11.6. The number of hydrogen-bond acceptors (Lipinski definition) is 4. The molecule has 0 aliphatic carbocycles. The zero-order valence-electron chi connectivity index (χ0n) is 18.8. The van der Waals surface area contributed by atoms with Crippen LogP contribution in [-0.2, 0) is 22.3 Å². The fourth-order valence-corrected chi connectivity index (χ4v) is 5.19. The van der Waals surface area contributed by atoms with Gasteiger partial charge >= 0.3 is 0 Å². The molecule has 0 aliphatic rings. The number of ether oxygens (including phenoxy) is 1. The molecule has 0 saturated carbocycles. The average molecular weight is 495 g/mol. The minimum atomic E-state index is -2.90. The Labute approximate surface area is 200 Å². The van der Waals surface area contributed by atoms with Gasteiger partial charge in [0, 0.05) is 34.4 Å². The number of benzene rings is 2. The van der Waals surface area contributed by atoms with Gasteiger partial charge in [-0.3, -0.25) is 9.25 Å². The van der Waals surface area contributed by atoms with Crippen molar-refractivity contribution in [2.24, 2.45) is 0 Å². The Bertz CT molecular complexity index is 1080. The highest BCUT2D eigenvalue weighted by molar-refractivity contribution is 7.58. The molecule has 0 N–H and O–H groups in total. The summed E-state index contributed by atoms with van der Waals surface area (Å²) in [6.45, 7) is 8.86. The highest BCUT2D eigenvalue weighted by atomic mass is 35.5. The highest BCUT2D eigenvalue weighted by Crippen LogP contribution is 2.42. The standard InChI is InChI=1S/C24H29Cl2N2O3P/c1-17(2)24-23(14-19-12-20(25)15-21(26)13-19)18(3)28(27-24)10-11-30-16-32(4,29)31-22-8-6-5-7-9-22/h5-9,12-13,15,17H,10-11,14,16H2,1-4H3. The minimum absolute atomic E-state index is 0.0487. The van der Waals surface area contributed by atoms with E-state index in [-0.39, 0.29) is 12.3 Å². The van der Waals surface area contributed by atoms with Crippen molar-refractivity contribution in [1.82, 2.24) is 9.78 Å². The fourth-order valence-electron chi connectivity index (χ4n) is 3.54. The van der Waals surface area contributed by atoms with E-state index in [0.29, 0.717) is 35.4 Å². The average Bonchev–Trinajstić information content (AvgIpc) is 3.01. The van der Waals surface area contributed by atoms with Crippen LogP contribution in [0.4, 0.5) is 0 Å². The summed E-state index contributed by atoms with van der Waals surface area (Å²) in [5.74, 6) is 0.854. The maximum Gasteiger partial charge on any atom is 0.269 e. The molecular formula is C24H29Cl2N2O3P. The Morgan fingerprint density at radius 2 is 1.75 bits per heavy atom. The van der Waals surface area contributed by atoms with Crippen LogP contribution >= 0.6 is 30.6 Å². The largest absolute Gasteiger partial charge is 0.441 e. The molecule has 5 nitrogen and oxygen atoms in total. The van der Waals surface area contributed by atoms with E-state index in [1.54, 1.807) is 24.9 Å². The SMILES string of the molecule is Cc1c(Cc2cc(Cl)cc(Cl)c2)c(C(C)C)nn1CCOCP(C)(=O)Oc1ccccc1. The zero-order valence-corrected chi connectivity index (χ0v) is 21.3. The van der Waals surface area contributed by atoms with E-state index in [1.807, 2.05) is 35.0 Å². The van der Waals surface area contributed by atoms with E-state index in [2.05, 4.69) is 20.8 Å². The Kier molecular flexibility index (Phi) is 8.46. The molecule has 172 valence electrons. The summed E-state index contributed by atoms with van der Waals surface area (Å²) in [4.78, 5) is 0. The second kappa shape index (κ2) is 10.9. The summed E-state index contributed by atoms with van der Waals surface area (Å²) in [6.07, 6.45) is 0.753. The van der Waals surface area contributed by atoms with E-state index >= 15 is 0 Å². The Morgan fingerprint density at radius 3 is 2.38 bits per heavy atom. The van der Waals surface area contributed by atoms with Crippen molar-refractivity contribution < 1.29 is 13.8 Å². The van der Waals surface area contributed by atoms with Gasteiger partial charge in [0.05, 0.1) is 18.8 Å². The van der Waals surface area contributed by atoms with E-state index in [0.717, 1.165) is 17.0 Å². The first-order valence-electron chi connectivity index (χ1n) is 10.5. The van der Waals surface area contributed by atoms with Crippen molar-refractivity contribution in [2.45, 2.75) is 39.7 Å². The molecule has 3 rings (SSSR count). The van der Waals surface area contributed by atoms with Gasteiger partial charge in [-0.15, -0.1) is 0 Å². The summed E-state index contributed by atoms with van der Waals surface area (Å²) < 4.78 is 25.9. The molecular weight excluding hydrogens is 466 g/mol. The summed E-state index contributed by atoms with van der Waals surface area (Å²) in [5.41, 5.74) is 4.35. The van der Waals surface area contributed by atoms with Crippen molar-refractivity contribution in [1.29, 1.82) is 0 Å². The quantitative estimate of drug-likeness (QED) is 0.221. The number of para-hydroxylation sites is 1. The van der Waals surface area contributed by atoms with E-state index in [1.165, 1.54) is 5.56 Å². The Balaban J connectivity index is 1.64. The van der Waals surface area contributed by atoms with Gasteiger partial charge in [-0.2, -0.15) is 5.10 Å². The first kappa shape index (κ1) is 24.9. The molecule has 0 fully saturated rings.